The lowest BCUT2D eigenvalue weighted by Crippen LogP contribution is -2.21. The molecule has 2 aliphatic rings. The van der Waals surface area contributed by atoms with Crippen LogP contribution in [0.2, 0.25) is 0 Å². The number of carbonyl (C=O) groups is 2. The van der Waals surface area contributed by atoms with Gasteiger partial charge in [0.15, 0.2) is 10.9 Å². The summed E-state index contributed by atoms with van der Waals surface area (Å²) in [4.78, 5) is 30.1. The Balaban J connectivity index is 1.28. The number of sulfone groups is 1. The fourth-order valence-electron chi connectivity index (χ4n) is 4.59. The summed E-state index contributed by atoms with van der Waals surface area (Å²) in [6.07, 6.45) is 3.36. The third-order valence-electron chi connectivity index (χ3n) is 6.32. The first-order valence-electron chi connectivity index (χ1n) is 10.8. The van der Waals surface area contributed by atoms with Crippen LogP contribution in [-0.4, -0.2) is 25.1 Å². The summed E-state index contributed by atoms with van der Waals surface area (Å²) in [7, 11) is -3.91. The third kappa shape index (κ3) is 3.29. The van der Waals surface area contributed by atoms with E-state index < -0.39 is 15.7 Å². The van der Waals surface area contributed by atoms with Gasteiger partial charge in [0.25, 0.3) is 5.91 Å². The van der Waals surface area contributed by atoms with Crippen molar-refractivity contribution < 1.29 is 18.0 Å². The number of ketones is 1. The van der Waals surface area contributed by atoms with Crippen LogP contribution in [0.1, 0.15) is 43.8 Å². The van der Waals surface area contributed by atoms with Crippen LogP contribution >= 0.6 is 11.3 Å². The lowest BCUT2D eigenvalue weighted by atomic mass is 10.0. The maximum atomic E-state index is 13.1. The van der Waals surface area contributed by atoms with Crippen molar-refractivity contribution in [3.8, 4) is 11.3 Å². The zero-order valence-corrected chi connectivity index (χ0v) is 19.5. The minimum atomic E-state index is -3.91. The number of thiazole rings is 1. The maximum Gasteiger partial charge on any atom is 0.257 e. The Morgan fingerprint density at radius 3 is 2.59 bits per heavy atom. The van der Waals surface area contributed by atoms with Crippen LogP contribution in [0.5, 0.6) is 0 Å². The van der Waals surface area contributed by atoms with Gasteiger partial charge in [-0.1, -0.05) is 24.3 Å². The van der Waals surface area contributed by atoms with Crippen molar-refractivity contribution >= 4 is 38.0 Å². The van der Waals surface area contributed by atoms with Crippen molar-refractivity contribution in [1.29, 1.82) is 0 Å². The summed E-state index contributed by atoms with van der Waals surface area (Å²) < 4.78 is 26.2. The Labute approximate surface area is 200 Å². The van der Waals surface area contributed by atoms with Gasteiger partial charge in [-0.05, 0) is 66.8 Å². The molecule has 1 amide bonds. The second-order valence-electron chi connectivity index (χ2n) is 8.37. The standard InChI is InChI=1S/C26H18N2O4S2/c29-24-19-6-1-2-7-22(19)34(31,32)23-13-18(10-11-20(23)24)25(30)28-26-27-21(14-33-26)17-9-8-15-4-3-5-16(15)12-17/h1-2,6-14H,3-5H2,(H,27,28,30). The van der Waals surface area contributed by atoms with E-state index in [1.165, 1.54) is 59.2 Å². The summed E-state index contributed by atoms with van der Waals surface area (Å²) in [6, 6.07) is 16.6. The van der Waals surface area contributed by atoms with Crippen molar-refractivity contribution in [1.82, 2.24) is 4.98 Å². The Morgan fingerprint density at radius 2 is 1.71 bits per heavy atom. The smallest absolute Gasteiger partial charge is 0.257 e. The molecule has 34 heavy (non-hydrogen) atoms. The van der Waals surface area contributed by atoms with Crippen LogP contribution in [0.3, 0.4) is 0 Å². The molecule has 168 valence electrons. The van der Waals surface area contributed by atoms with Crippen LogP contribution < -0.4 is 5.32 Å². The van der Waals surface area contributed by atoms with Crippen LogP contribution in [0.25, 0.3) is 11.3 Å². The average molecular weight is 487 g/mol. The normalized spacial score (nSPS) is 15.4. The Morgan fingerprint density at radius 1 is 0.912 bits per heavy atom. The molecule has 0 saturated heterocycles. The van der Waals surface area contributed by atoms with E-state index in [-0.39, 0.29) is 32.3 Å². The van der Waals surface area contributed by atoms with Crippen LogP contribution in [0, 0.1) is 0 Å². The molecule has 0 bridgehead atoms. The van der Waals surface area contributed by atoms with Gasteiger partial charge in [-0.2, -0.15) is 0 Å². The molecule has 1 aromatic heterocycles. The number of hydrogen-bond donors (Lipinski definition) is 1. The van der Waals surface area contributed by atoms with Gasteiger partial charge in [0.05, 0.1) is 15.5 Å². The number of aromatic nitrogens is 1. The number of carbonyl (C=O) groups excluding carboxylic acids is 2. The summed E-state index contributed by atoms with van der Waals surface area (Å²) in [5, 5.41) is 5.06. The number of benzene rings is 3. The molecular formula is C26H18N2O4S2. The van der Waals surface area contributed by atoms with E-state index in [1.807, 2.05) is 11.4 Å². The van der Waals surface area contributed by atoms with Gasteiger partial charge in [-0.15, -0.1) is 11.3 Å². The highest BCUT2D eigenvalue weighted by Gasteiger charge is 2.35. The molecule has 4 aromatic rings. The van der Waals surface area contributed by atoms with E-state index in [2.05, 4.69) is 22.4 Å². The number of rotatable bonds is 3. The van der Waals surface area contributed by atoms with Gasteiger partial charge in [0.2, 0.25) is 9.84 Å². The van der Waals surface area contributed by atoms with E-state index in [9.17, 15) is 18.0 Å². The van der Waals surface area contributed by atoms with Gasteiger partial charge in [-0.3, -0.25) is 14.9 Å². The quantitative estimate of drug-likeness (QED) is 0.390. The molecule has 6 rings (SSSR count). The van der Waals surface area contributed by atoms with Gasteiger partial charge in [0, 0.05) is 27.6 Å². The number of aryl methyl sites for hydroxylation is 2. The molecule has 0 spiro atoms. The zero-order chi connectivity index (χ0) is 23.4. The summed E-state index contributed by atoms with van der Waals surface area (Å²) >= 11 is 1.30. The van der Waals surface area contributed by atoms with Gasteiger partial charge >= 0.3 is 0 Å². The van der Waals surface area contributed by atoms with E-state index >= 15 is 0 Å². The summed E-state index contributed by atoms with van der Waals surface area (Å²) in [5.41, 5.74) is 4.89. The lowest BCUT2D eigenvalue weighted by molar-refractivity contribution is 0.101. The molecule has 6 nitrogen and oxygen atoms in total. The molecule has 0 fully saturated rings. The number of nitrogens with zero attached hydrogens (tertiary/aromatic N) is 1. The monoisotopic (exact) mass is 486 g/mol. The molecule has 0 unspecified atom stereocenters. The predicted molar refractivity (Wildman–Crippen MR) is 129 cm³/mol. The number of fused-ring (bicyclic) bond motifs is 3. The zero-order valence-electron chi connectivity index (χ0n) is 17.9. The third-order valence-corrected chi connectivity index (χ3v) is 8.93. The molecule has 1 aliphatic carbocycles. The molecule has 3 aromatic carbocycles. The highest BCUT2D eigenvalue weighted by atomic mass is 32.2. The minimum absolute atomic E-state index is 0.0380. The van der Waals surface area contributed by atoms with E-state index in [1.54, 1.807) is 12.1 Å². The second-order valence-corrected chi connectivity index (χ2v) is 11.1. The largest absolute Gasteiger partial charge is 0.298 e. The topological polar surface area (TPSA) is 93.2 Å². The molecule has 0 radical (unpaired) electrons. The number of anilines is 1. The maximum absolute atomic E-state index is 13.1. The molecular weight excluding hydrogens is 468 g/mol. The van der Waals surface area contributed by atoms with Crippen LogP contribution in [0.4, 0.5) is 5.13 Å². The van der Waals surface area contributed by atoms with Crippen molar-refractivity contribution in [3.05, 3.63) is 93.9 Å². The number of amides is 1. The Hall–Kier alpha value is -3.62. The number of hydrogen-bond acceptors (Lipinski definition) is 6. The van der Waals surface area contributed by atoms with Crippen molar-refractivity contribution in [3.63, 3.8) is 0 Å². The first-order valence-corrected chi connectivity index (χ1v) is 13.2. The fraction of sp³-hybridized carbons (Fsp3) is 0.115. The molecule has 0 saturated carbocycles. The predicted octanol–water partition coefficient (Wildman–Crippen LogP) is 4.93. The second kappa shape index (κ2) is 7.72. The van der Waals surface area contributed by atoms with Crippen molar-refractivity contribution in [2.45, 2.75) is 29.1 Å². The summed E-state index contributed by atoms with van der Waals surface area (Å²) in [5.74, 6) is -0.856. The Bertz CT molecular complexity index is 1620. The van der Waals surface area contributed by atoms with E-state index in [4.69, 9.17) is 0 Å². The van der Waals surface area contributed by atoms with E-state index in [0.29, 0.717) is 5.13 Å². The van der Waals surface area contributed by atoms with E-state index in [0.717, 1.165) is 24.1 Å². The number of nitrogens with one attached hydrogen (secondary N) is 1. The highest BCUT2D eigenvalue weighted by molar-refractivity contribution is 7.91. The molecule has 1 aliphatic heterocycles. The van der Waals surface area contributed by atoms with Crippen LogP contribution in [-0.2, 0) is 22.7 Å². The van der Waals surface area contributed by atoms with Crippen molar-refractivity contribution in [2.24, 2.45) is 0 Å². The molecule has 0 atom stereocenters. The molecule has 2 heterocycles. The fourth-order valence-corrected chi connectivity index (χ4v) is 6.98. The van der Waals surface area contributed by atoms with Gasteiger partial charge in [0.1, 0.15) is 0 Å². The van der Waals surface area contributed by atoms with Crippen molar-refractivity contribution in [2.75, 3.05) is 5.32 Å². The minimum Gasteiger partial charge on any atom is -0.298 e. The van der Waals surface area contributed by atoms with Crippen LogP contribution in [0.15, 0.2) is 75.8 Å². The highest BCUT2D eigenvalue weighted by Crippen LogP contribution is 2.35. The first kappa shape index (κ1) is 20.9. The van der Waals surface area contributed by atoms with Gasteiger partial charge < -0.3 is 0 Å². The Kier molecular flexibility index (Phi) is 4.75. The molecule has 1 N–H and O–H groups in total. The van der Waals surface area contributed by atoms with Gasteiger partial charge in [-0.25, -0.2) is 13.4 Å². The SMILES string of the molecule is O=C(Nc1nc(-c2ccc3c(c2)CCC3)cs1)c1ccc2c(c1)S(=O)(=O)c1ccccc1C2=O. The lowest BCUT2D eigenvalue weighted by Gasteiger charge is -2.19. The average Bonchev–Trinajstić information content (AvgIpc) is 3.51. The first-order chi connectivity index (χ1) is 16.4. The summed E-state index contributed by atoms with van der Waals surface area (Å²) in [6.45, 7) is 0. The molecule has 8 heteroatoms.